The lowest BCUT2D eigenvalue weighted by atomic mass is 10.2. The summed E-state index contributed by atoms with van der Waals surface area (Å²) in [6, 6.07) is 6.85. The normalized spacial score (nSPS) is 11.6. The van der Waals surface area contributed by atoms with Gasteiger partial charge < -0.3 is 0 Å². The van der Waals surface area contributed by atoms with E-state index in [1.165, 1.54) is 11.3 Å². The molecule has 0 spiro atoms. The van der Waals surface area contributed by atoms with Crippen LogP contribution in [0.5, 0.6) is 0 Å². The number of ketones is 1. The molecule has 106 valence electrons. The third-order valence-electron chi connectivity index (χ3n) is 2.86. The first-order valence-electron chi connectivity index (χ1n) is 5.87. The number of hydrogen-bond acceptors (Lipinski definition) is 4. The van der Waals surface area contributed by atoms with Gasteiger partial charge in [-0.3, -0.25) is 4.79 Å². The Balaban J connectivity index is 2.32. The Labute approximate surface area is 130 Å². The molecule has 0 aliphatic heterocycles. The van der Waals surface area contributed by atoms with Crippen molar-refractivity contribution in [2.75, 3.05) is 5.75 Å². The highest BCUT2D eigenvalue weighted by atomic mass is 79.9. The molecule has 0 bridgehead atoms. The van der Waals surface area contributed by atoms with Crippen molar-refractivity contribution < 1.29 is 13.2 Å². The van der Waals surface area contributed by atoms with Gasteiger partial charge in [-0.05, 0) is 52.9 Å². The summed E-state index contributed by atoms with van der Waals surface area (Å²) in [5.41, 5.74) is 1.66. The van der Waals surface area contributed by atoms with Crippen LogP contribution in [0, 0.1) is 13.8 Å². The predicted octanol–water partition coefficient (Wildman–Crippen LogP) is 3.78. The Hall–Kier alpha value is -0.980. The van der Waals surface area contributed by atoms with E-state index < -0.39 is 15.6 Å². The highest BCUT2D eigenvalue weighted by molar-refractivity contribution is 9.10. The number of carbonyl (C=O) groups excluding carboxylic acids is 1. The fourth-order valence-electron chi connectivity index (χ4n) is 1.96. The number of Topliss-reactive ketones (excluding diaryl/α,β-unsaturated/α-hetero) is 1. The third kappa shape index (κ3) is 3.19. The number of hydrogen-bond donors (Lipinski definition) is 0. The molecular formula is C14H13BrO3S2. The number of benzene rings is 1. The van der Waals surface area contributed by atoms with Gasteiger partial charge in [0.25, 0.3) is 0 Å². The van der Waals surface area contributed by atoms with Crippen molar-refractivity contribution in [3.63, 3.8) is 0 Å². The lowest BCUT2D eigenvalue weighted by Gasteiger charge is -2.07. The van der Waals surface area contributed by atoms with Crippen LogP contribution >= 0.6 is 27.3 Å². The highest BCUT2D eigenvalue weighted by Crippen LogP contribution is 2.25. The van der Waals surface area contributed by atoms with E-state index in [9.17, 15) is 13.2 Å². The average molecular weight is 373 g/mol. The maximum absolute atomic E-state index is 12.3. The zero-order valence-electron chi connectivity index (χ0n) is 11.0. The summed E-state index contributed by atoms with van der Waals surface area (Å²) in [7, 11) is -3.61. The van der Waals surface area contributed by atoms with Crippen LogP contribution in [0.4, 0.5) is 0 Å². The molecular weight excluding hydrogens is 360 g/mol. The molecule has 0 aliphatic carbocycles. The predicted molar refractivity (Wildman–Crippen MR) is 84.3 cm³/mol. The molecule has 1 aromatic carbocycles. The van der Waals surface area contributed by atoms with Crippen molar-refractivity contribution in [3.05, 3.63) is 50.1 Å². The van der Waals surface area contributed by atoms with Gasteiger partial charge in [0.15, 0.2) is 15.6 Å². The quantitative estimate of drug-likeness (QED) is 0.767. The first-order valence-corrected chi connectivity index (χ1v) is 9.20. The van der Waals surface area contributed by atoms with Gasteiger partial charge in [0.05, 0.1) is 9.77 Å². The maximum atomic E-state index is 12.3. The van der Waals surface area contributed by atoms with Gasteiger partial charge in [0, 0.05) is 4.47 Å². The molecule has 20 heavy (non-hydrogen) atoms. The van der Waals surface area contributed by atoms with Gasteiger partial charge >= 0.3 is 0 Å². The monoisotopic (exact) mass is 372 g/mol. The second-order valence-electron chi connectivity index (χ2n) is 4.55. The molecule has 1 aromatic heterocycles. The number of thiophene rings is 1. The summed E-state index contributed by atoms with van der Waals surface area (Å²) >= 11 is 4.49. The number of sulfone groups is 1. The van der Waals surface area contributed by atoms with Crippen molar-refractivity contribution >= 4 is 42.9 Å². The molecule has 0 fully saturated rings. The van der Waals surface area contributed by atoms with E-state index in [2.05, 4.69) is 15.9 Å². The lowest BCUT2D eigenvalue weighted by molar-refractivity contribution is 0.102. The molecule has 0 aliphatic rings. The minimum atomic E-state index is -3.61. The van der Waals surface area contributed by atoms with Crippen LogP contribution in [0.2, 0.25) is 0 Å². The van der Waals surface area contributed by atoms with Gasteiger partial charge in [0.1, 0.15) is 5.75 Å². The van der Waals surface area contributed by atoms with E-state index in [0.29, 0.717) is 14.9 Å². The van der Waals surface area contributed by atoms with E-state index in [1.807, 2.05) is 6.92 Å². The Bertz CT molecular complexity index is 760. The molecule has 2 aromatic rings. The Morgan fingerprint density at radius 2 is 1.95 bits per heavy atom. The number of aryl methyl sites for hydroxylation is 2. The molecule has 1 heterocycles. The molecule has 0 radical (unpaired) electrons. The first kappa shape index (κ1) is 15.4. The average Bonchev–Trinajstić information content (AvgIpc) is 2.74. The van der Waals surface area contributed by atoms with Crippen molar-refractivity contribution in [3.8, 4) is 0 Å². The van der Waals surface area contributed by atoms with Crippen LogP contribution in [0.3, 0.4) is 0 Å². The van der Waals surface area contributed by atoms with Crippen molar-refractivity contribution in [1.29, 1.82) is 0 Å². The van der Waals surface area contributed by atoms with E-state index in [0.717, 1.165) is 5.56 Å². The fourth-order valence-corrected chi connectivity index (χ4v) is 5.05. The molecule has 0 unspecified atom stereocenters. The Morgan fingerprint density at radius 3 is 2.50 bits per heavy atom. The fraction of sp³-hybridized carbons (Fsp3) is 0.214. The SMILES string of the molecule is Cc1ccc(S(=O)(=O)CC(=O)c2sccc2Br)c(C)c1. The Kier molecular flexibility index (Phi) is 4.46. The standard InChI is InChI=1S/C14H13BrO3S2/c1-9-3-4-13(10(2)7-9)20(17,18)8-12(16)14-11(15)5-6-19-14/h3-7H,8H2,1-2H3. The van der Waals surface area contributed by atoms with Crippen LogP contribution in [-0.4, -0.2) is 20.0 Å². The highest BCUT2D eigenvalue weighted by Gasteiger charge is 2.23. The third-order valence-corrected chi connectivity index (χ3v) is 6.51. The van der Waals surface area contributed by atoms with Crippen molar-refractivity contribution in [1.82, 2.24) is 0 Å². The molecule has 2 rings (SSSR count). The van der Waals surface area contributed by atoms with Gasteiger partial charge in [-0.1, -0.05) is 17.7 Å². The number of halogens is 1. The minimum absolute atomic E-state index is 0.226. The van der Waals surface area contributed by atoms with Gasteiger partial charge in [0.2, 0.25) is 0 Å². The van der Waals surface area contributed by atoms with E-state index in [1.54, 1.807) is 36.6 Å². The van der Waals surface area contributed by atoms with E-state index in [-0.39, 0.29) is 10.7 Å². The largest absolute Gasteiger partial charge is 0.292 e. The maximum Gasteiger partial charge on any atom is 0.189 e. The summed E-state index contributed by atoms with van der Waals surface area (Å²) in [4.78, 5) is 12.8. The molecule has 0 saturated carbocycles. The zero-order chi connectivity index (χ0) is 14.9. The van der Waals surface area contributed by atoms with Gasteiger partial charge in [-0.2, -0.15) is 0 Å². The van der Waals surface area contributed by atoms with Crippen molar-refractivity contribution in [2.45, 2.75) is 18.7 Å². The molecule has 6 heteroatoms. The summed E-state index contributed by atoms with van der Waals surface area (Å²) in [5, 5.41) is 1.75. The van der Waals surface area contributed by atoms with Crippen LogP contribution in [0.1, 0.15) is 20.8 Å². The molecule has 3 nitrogen and oxygen atoms in total. The topological polar surface area (TPSA) is 51.2 Å². The van der Waals surface area contributed by atoms with Crippen LogP contribution in [0.15, 0.2) is 39.0 Å². The second-order valence-corrected chi connectivity index (χ2v) is 8.28. The molecule has 0 amide bonds. The minimum Gasteiger partial charge on any atom is -0.292 e. The summed E-state index contributed by atoms with van der Waals surface area (Å²) in [6.45, 7) is 3.64. The van der Waals surface area contributed by atoms with E-state index >= 15 is 0 Å². The summed E-state index contributed by atoms with van der Waals surface area (Å²) < 4.78 is 25.3. The van der Waals surface area contributed by atoms with E-state index in [4.69, 9.17) is 0 Å². The van der Waals surface area contributed by atoms with Gasteiger partial charge in [-0.25, -0.2) is 8.42 Å². The summed E-state index contributed by atoms with van der Waals surface area (Å²) in [6.07, 6.45) is 0. The van der Waals surface area contributed by atoms with Gasteiger partial charge in [-0.15, -0.1) is 11.3 Å². The first-order chi connectivity index (χ1) is 9.31. The zero-order valence-corrected chi connectivity index (χ0v) is 14.2. The lowest BCUT2D eigenvalue weighted by Crippen LogP contribution is -2.16. The van der Waals surface area contributed by atoms with Crippen LogP contribution in [-0.2, 0) is 9.84 Å². The molecule has 0 atom stereocenters. The number of carbonyl (C=O) groups is 1. The Morgan fingerprint density at radius 1 is 1.25 bits per heavy atom. The summed E-state index contributed by atoms with van der Waals surface area (Å²) in [5.74, 6) is -0.887. The van der Waals surface area contributed by atoms with Crippen LogP contribution < -0.4 is 0 Å². The molecule has 0 N–H and O–H groups in total. The van der Waals surface area contributed by atoms with Crippen LogP contribution in [0.25, 0.3) is 0 Å². The van der Waals surface area contributed by atoms with Crippen molar-refractivity contribution in [2.24, 2.45) is 0 Å². The smallest absolute Gasteiger partial charge is 0.189 e. The second kappa shape index (κ2) is 5.79. The number of rotatable bonds is 4. The molecule has 0 saturated heterocycles.